The second kappa shape index (κ2) is 5.50. The summed E-state index contributed by atoms with van der Waals surface area (Å²) in [6.45, 7) is 5.48. The van der Waals surface area contributed by atoms with Gasteiger partial charge in [0, 0.05) is 11.8 Å². The Labute approximate surface area is 97.0 Å². The number of nitrogens with one attached hydrogen (secondary N) is 1. The minimum absolute atomic E-state index is 0.0251. The Balaban J connectivity index is 2.49. The first-order chi connectivity index (χ1) is 7.44. The third-order valence-electron chi connectivity index (χ3n) is 2.45. The van der Waals surface area contributed by atoms with Crippen molar-refractivity contribution in [3.05, 3.63) is 24.2 Å². The lowest BCUT2D eigenvalue weighted by molar-refractivity contribution is 0.408. The Morgan fingerprint density at radius 2 is 2.12 bits per heavy atom. The highest BCUT2D eigenvalue weighted by atomic mass is 32.2. The molecule has 4 nitrogen and oxygen atoms in total. The van der Waals surface area contributed by atoms with Crippen LogP contribution in [0.4, 0.5) is 0 Å². The minimum Gasteiger partial charge on any atom is -0.468 e. The average molecular weight is 245 g/mol. The van der Waals surface area contributed by atoms with Crippen molar-refractivity contribution in [1.29, 1.82) is 0 Å². The predicted molar refractivity (Wildman–Crippen MR) is 64.0 cm³/mol. The fraction of sp³-hybridized carbons (Fsp3) is 0.636. The van der Waals surface area contributed by atoms with Crippen LogP contribution >= 0.6 is 0 Å². The van der Waals surface area contributed by atoms with Crippen molar-refractivity contribution >= 4 is 9.84 Å². The van der Waals surface area contributed by atoms with E-state index in [0.29, 0.717) is 0 Å². The Kier molecular flexibility index (Phi) is 4.56. The molecule has 1 heterocycles. The van der Waals surface area contributed by atoms with Crippen LogP contribution in [0.1, 0.15) is 32.6 Å². The number of hydrogen-bond acceptors (Lipinski definition) is 4. The van der Waals surface area contributed by atoms with Crippen molar-refractivity contribution in [3.63, 3.8) is 0 Å². The van der Waals surface area contributed by atoms with E-state index in [9.17, 15) is 8.42 Å². The molecule has 0 spiro atoms. The molecular formula is C11H19NO3S. The highest BCUT2D eigenvalue weighted by Crippen LogP contribution is 2.13. The van der Waals surface area contributed by atoms with E-state index < -0.39 is 9.84 Å². The lowest BCUT2D eigenvalue weighted by Crippen LogP contribution is -2.35. The van der Waals surface area contributed by atoms with Gasteiger partial charge in [-0.15, -0.1) is 0 Å². The first kappa shape index (κ1) is 13.3. The lowest BCUT2D eigenvalue weighted by atomic mass is 10.2. The maximum absolute atomic E-state index is 11.4. The largest absolute Gasteiger partial charge is 0.468 e. The monoisotopic (exact) mass is 245 g/mol. The summed E-state index contributed by atoms with van der Waals surface area (Å²) >= 11 is 0. The molecule has 0 bridgehead atoms. The van der Waals surface area contributed by atoms with Crippen LogP contribution in [0.2, 0.25) is 0 Å². The van der Waals surface area contributed by atoms with Crippen LogP contribution in [-0.2, 0) is 9.84 Å². The highest BCUT2D eigenvalue weighted by Gasteiger charge is 2.17. The van der Waals surface area contributed by atoms with E-state index >= 15 is 0 Å². The quantitative estimate of drug-likeness (QED) is 0.829. The Hall–Kier alpha value is -0.810. The Morgan fingerprint density at radius 1 is 1.44 bits per heavy atom. The summed E-state index contributed by atoms with van der Waals surface area (Å²) in [5.41, 5.74) is 0. The minimum atomic E-state index is -2.93. The molecule has 1 rings (SSSR count). The SMILES string of the molecule is CCS(=O)(=O)C[C@@H](C)N[C@H](C)c1ccco1. The summed E-state index contributed by atoms with van der Waals surface area (Å²) in [7, 11) is -2.93. The van der Waals surface area contributed by atoms with Crippen LogP contribution in [0.15, 0.2) is 22.8 Å². The van der Waals surface area contributed by atoms with Gasteiger partial charge in [-0.3, -0.25) is 0 Å². The molecule has 1 N–H and O–H groups in total. The van der Waals surface area contributed by atoms with E-state index in [4.69, 9.17) is 4.42 Å². The maximum Gasteiger partial charge on any atom is 0.151 e. The van der Waals surface area contributed by atoms with Crippen LogP contribution in [-0.4, -0.2) is 26.0 Å². The molecule has 0 saturated carbocycles. The smallest absolute Gasteiger partial charge is 0.151 e. The van der Waals surface area contributed by atoms with Crippen molar-refractivity contribution in [2.45, 2.75) is 32.9 Å². The van der Waals surface area contributed by atoms with Gasteiger partial charge >= 0.3 is 0 Å². The van der Waals surface area contributed by atoms with Gasteiger partial charge in [-0.25, -0.2) is 8.42 Å². The summed E-state index contributed by atoms with van der Waals surface area (Å²) in [4.78, 5) is 0. The van der Waals surface area contributed by atoms with Gasteiger partial charge in [0.2, 0.25) is 0 Å². The molecule has 0 unspecified atom stereocenters. The normalized spacial score (nSPS) is 15.9. The van der Waals surface area contributed by atoms with Crippen molar-refractivity contribution in [2.75, 3.05) is 11.5 Å². The maximum atomic E-state index is 11.4. The zero-order valence-electron chi connectivity index (χ0n) is 9.93. The number of furan rings is 1. The molecule has 1 aromatic rings. The molecule has 0 amide bonds. The zero-order chi connectivity index (χ0) is 12.2. The molecule has 0 aliphatic carbocycles. The van der Waals surface area contributed by atoms with E-state index in [-0.39, 0.29) is 23.6 Å². The third kappa shape index (κ3) is 3.98. The van der Waals surface area contributed by atoms with Crippen molar-refractivity contribution in [3.8, 4) is 0 Å². The number of rotatable bonds is 6. The van der Waals surface area contributed by atoms with Crippen molar-refractivity contribution in [2.24, 2.45) is 0 Å². The van der Waals surface area contributed by atoms with Gasteiger partial charge < -0.3 is 9.73 Å². The van der Waals surface area contributed by atoms with Crippen LogP contribution in [0.3, 0.4) is 0 Å². The summed E-state index contributed by atoms with van der Waals surface area (Å²) in [5, 5.41) is 3.20. The van der Waals surface area contributed by atoms with Gasteiger partial charge in [0.05, 0.1) is 18.1 Å². The van der Waals surface area contributed by atoms with Crippen LogP contribution in [0, 0.1) is 0 Å². The first-order valence-electron chi connectivity index (χ1n) is 5.44. The fourth-order valence-electron chi connectivity index (χ4n) is 1.59. The summed E-state index contributed by atoms with van der Waals surface area (Å²) in [6.07, 6.45) is 1.61. The topological polar surface area (TPSA) is 59.3 Å². The van der Waals surface area contributed by atoms with Crippen LogP contribution < -0.4 is 5.32 Å². The van der Waals surface area contributed by atoms with E-state index in [2.05, 4.69) is 5.32 Å². The van der Waals surface area contributed by atoms with Gasteiger partial charge in [0.1, 0.15) is 5.76 Å². The summed E-state index contributed by atoms with van der Waals surface area (Å²) in [5.74, 6) is 1.17. The zero-order valence-corrected chi connectivity index (χ0v) is 10.8. The van der Waals surface area contributed by atoms with Crippen LogP contribution in [0.25, 0.3) is 0 Å². The summed E-state index contributed by atoms with van der Waals surface area (Å²) in [6, 6.07) is 3.64. The van der Waals surface area contributed by atoms with Gasteiger partial charge in [0.15, 0.2) is 9.84 Å². The highest BCUT2D eigenvalue weighted by molar-refractivity contribution is 7.91. The second-order valence-corrected chi connectivity index (χ2v) is 6.40. The Bertz CT molecular complexity index is 397. The Morgan fingerprint density at radius 3 is 2.62 bits per heavy atom. The van der Waals surface area contributed by atoms with Crippen molar-refractivity contribution < 1.29 is 12.8 Å². The van der Waals surface area contributed by atoms with Crippen LogP contribution in [0.5, 0.6) is 0 Å². The van der Waals surface area contributed by atoms with Gasteiger partial charge in [-0.1, -0.05) is 6.92 Å². The number of sulfone groups is 1. The molecule has 0 aromatic carbocycles. The molecule has 0 saturated heterocycles. The molecule has 1 aromatic heterocycles. The fourth-order valence-corrected chi connectivity index (χ4v) is 2.69. The van der Waals surface area contributed by atoms with E-state index in [1.807, 2.05) is 26.0 Å². The molecular weight excluding hydrogens is 226 g/mol. The molecule has 0 aliphatic heterocycles. The average Bonchev–Trinajstić information content (AvgIpc) is 2.69. The molecule has 0 aliphatic rings. The number of hydrogen-bond donors (Lipinski definition) is 1. The van der Waals surface area contributed by atoms with Gasteiger partial charge in [-0.2, -0.15) is 0 Å². The second-order valence-electron chi connectivity index (χ2n) is 4.00. The first-order valence-corrected chi connectivity index (χ1v) is 7.26. The predicted octanol–water partition coefficient (Wildman–Crippen LogP) is 1.75. The van der Waals surface area contributed by atoms with E-state index in [1.165, 1.54) is 0 Å². The lowest BCUT2D eigenvalue weighted by Gasteiger charge is -2.18. The molecule has 5 heteroatoms. The molecule has 0 fully saturated rings. The van der Waals surface area contributed by atoms with Gasteiger partial charge in [0.25, 0.3) is 0 Å². The van der Waals surface area contributed by atoms with Gasteiger partial charge in [-0.05, 0) is 26.0 Å². The van der Waals surface area contributed by atoms with E-state index in [0.717, 1.165) is 5.76 Å². The third-order valence-corrected chi connectivity index (χ3v) is 4.34. The summed E-state index contributed by atoms with van der Waals surface area (Å²) < 4.78 is 28.1. The van der Waals surface area contributed by atoms with Crippen molar-refractivity contribution in [1.82, 2.24) is 5.32 Å². The van der Waals surface area contributed by atoms with E-state index in [1.54, 1.807) is 13.2 Å². The molecule has 16 heavy (non-hydrogen) atoms. The standard InChI is InChI=1S/C11H19NO3S/c1-4-16(13,14)8-9(2)12-10(3)11-6-5-7-15-11/h5-7,9-10,12H,4,8H2,1-3H3/t9-,10-/m1/s1. The molecule has 92 valence electrons. The molecule has 0 radical (unpaired) electrons. The molecule has 2 atom stereocenters.